The van der Waals surface area contributed by atoms with Gasteiger partial charge in [-0.15, -0.1) is 0 Å². The van der Waals surface area contributed by atoms with Gasteiger partial charge in [0.2, 0.25) is 0 Å². The van der Waals surface area contributed by atoms with E-state index in [1.54, 1.807) is 0 Å². The molecule has 0 amide bonds. The minimum absolute atomic E-state index is 0.725. The molecule has 2 aliphatic rings. The van der Waals surface area contributed by atoms with Gasteiger partial charge < -0.3 is 0 Å². The quantitative estimate of drug-likeness (QED) is 0.172. The minimum atomic E-state index is 0.725. The van der Waals surface area contributed by atoms with Gasteiger partial charge >= 0.3 is 0 Å². The molecule has 9 aromatic rings. The third-order valence-corrected chi connectivity index (χ3v) is 11.5. The molecule has 0 bridgehead atoms. The van der Waals surface area contributed by atoms with Crippen molar-refractivity contribution in [3.05, 3.63) is 192 Å². The van der Waals surface area contributed by atoms with Crippen LogP contribution in [-0.2, 0) is 0 Å². The molecule has 2 heteroatoms. The summed E-state index contributed by atoms with van der Waals surface area (Å²) >= 11 is 0. The van der Waals surface area contributed by atoms with Crippen LogP contribution < -0.4 is 10.4 Å². The van der Waals surface area contributed by atoms with Crippen molar-refractivity contribution < 1.29 is 0 Å². The van der Waals surface area contributed by atoms with Crippen LogP contribution in [0.4, 0.5) is 0 Å². The molecule has 0 saturated carbocycles. The van der Waals surface area contributed by atoms with E-state index in [-0.39, 0.29) is 0 Å². The second kappa shape index (κ2) is 13.3. The van der Waals surface area contributed by atoms with Gasteiger partial charge in [-0.2, -0.15) is 0 Å². The normalized spacial score (nSPS) is 12.4. The van der Waals surface area contributed by atoms with Crippen LogP contribution in [0.2, 0.25) is 0 Å². The van der Waals surface area contributed by atoms with Crippen molar-refractivity contribution in [1.82, 2.24) is 9.97 Å². The Labute approximate surface area is 326 Å². The highest BCUT2D eigenvalue weighted by molar-refractivity contribution is 6.18. The van der Waals surface area contributed by atoms with Gasteiger partial charge in [0.1, 0.15) is 0 Å². The van der Waals surface area contributed by atoms with Crippen LogP contribution in [0.5, 0.6) is 0 Å². The van der Waals surface area contributed by atoms with Gasteiger partial charge in [0, 0.05) is 16.7 Å². The van der Waals surface area contributed by atoms with Crippen molar-refractivity contribution in [1.29, 1.82) is 0 Å². The van der Waals surface area contributed by atoms with Crippen molar-refractivity contribution >= 4 is 22.9 Å². The first-order valence-electron chi connectivity index (χ1n) is 19.5. The third kappa shape index (κ3) is 5.49. The summed E-state index contributed by atoms with van der Waals surface area (Å²) < 4.78 is 0. The largest absolute Gasteiger partial charge is 0.228 e. The van der Waals surface area contributed by atoms with Crippen LogP contribution in [0.25, 0.3) is 112 Å². The second-order valence-electron chi connectivity index (χ2n) is 14.8. The van der Waals surface area contributed by atoms with Crippen LogP contribution in [0.15, 0.2) is 182 Å². The molecule has 1 heterocycles. The number of hydrogen-bond donors (Lipinski definition) is 0. The molecule has 0 spiro atoms. The van der Waals surface area contributed by atoms with Crippen molar-refractivity contribution in [3.8, 4) is 89.5 Å². The predicted molar refractivity (Wildman–Crippen MR) is 234 cm³/mol. The van der Waals surface area contributed by atoms with Gasteiger partial charge in [0.05, 0.1) is 11.4 Å². The van der Waals surface area contributed by atoms with E-state index in [9.17, 15) is 0 Å². The number of aromatic nitrogens is 2. The molecule has 56 heavy (non-hydrogen) atoms. The summed E-state index contributed by atoms with van der Waals surface area (Å²) in [6.45, 7) is 0. The van der Waals surface area contributed by atoms with E-state index in [1.165, 1.54) is 76.8 Å². The zero-order valence-electron chi connectivity index (χ0n) is 30.8. The average Bonchev–Trinajstić information content (AvgIpc) is 3.61. The van der Waals surface area contributed by atoms with E-state index >= 15 is 0 Å². The molecule has 0 aliphatic heterocycles. The maximum Gasteiger partial charge on any atom is 0.160 e. The molecule has 2 nitrogen and oxygen atoms in total. The smallest absolute Gasteiger partial charge is 0.160 e. The molecule has 0 atom stereocenters. The second-order valence-corrected chi connectivity index (χ2v) is 14.8. The summed E-state index contributed by atoms with van der Waals surface area (Å²) in [6, 6.07) is 65.7. The molecular formula is C54H36N2. The molecule has 0 fully saturated rings. The summed E-state index contributed by atoms with van der Waals surface area (Å²) in [5.74, 6) is 0.725. The van der Waals surface area contributed by atoms with E-state index in [1.807, 2.05) is 24.3 Å². The molecule has 1 aromatic heterocycles. The fourth-order valence-corrected chi connectivity index (χ4v) is 8.74. The minimum Gasteiger partial charge on any atom is -0.228 e. The SMILES string of the molecule is C1=c2cc(-c3ccc(-c4ccc5c6c(cccc46)-c4ccccc4-5)cc3)cc(-c3ccc(-c4cc(-c5ccccc5)nc(-c5ccccc5)n4)cc3)c2=CCC1. The van der Waals surface area contributed by atoms with Gasteiger partial charge in [-0.25, -0.2) is 9.97 Å². The standard InChI is InChI=1S/C54H36N2/c1-3-12-38(13-4-1)51-34-52(56-54(55-51)40-14-5-2-6-15-40)39-28-26-37(27-29-39)50-33-42(32-41-16-7-8-17-43(41)50)35-22-24-36(25-23-35)44-30-31-49-46-19-10-9-18-45(46)48-21-11-20-47(44)53(48)49/h1-6,9-34H,7-8H2. The number of rotatable bonds is 6. The van der Waals surface area contributed by atoms with E-state index in [2.05, 4.69) is 170 Å². The Balaban J connectivity index is 0.958. The highest BCUT2D eigenvalue weighted by Crippen LogP contribution is 2.49. The number of nitrogens with zero attached hydrogens (tertiary/aromatic N) is 2. The highest BCUT2D eigenvalue weighted by atomic mass is 14.9. The zero-order chi connectivity index (χ0) is 37.0. The van der Waals surface area contributed by atoms with Crippen molar-refractivity contribution in [3.63, 3.8) is 0 Å². The molecule has 0 radical (unpaired) electrons. The Morgan fingerprint density at radius 3 is 1.57 bits per heavy atom. The molecule has 0 N–H and O–H groups in total. The Bertz CT molecular complexity index is 3000. The van der Waals surface area contributed by atoms with Crippen molar-refractivity contribution in [2.75, 3.05) is 0 Å². The van der Waals surface area contributed by atoms with Crippen LogP contribution in [-0.4, -0.2) is 9.97 Å². The molecule has 11 rings (SSSR count). The van der Waals surface area contributed by atoms with Crippen LogP contribution in [0.1, 0.15) is 12.8 Å². The van der Waals surface area contributed by atoms with Gasteiger partial charge in [0.15, 0.2) is 5.82 Å². The van der Waals surface area contributed by atoms with E-state index in [4.69, 9.17) is 9.97 Å². The number of fused-ring (bicyclic) bond motifs is 4. The predicted octanol–water partition coefficient (Wildman–Crippen LogP) is 12.6. The maximum atomic E-state index is 5.07. The lowest BCUT2D eigenvalue weighted by molar-refractivity contribution is 1.12. The van der Waals surface area contributed by atoms with Gasteiger partial charge in [-0.3, -0.25) is 0 Å². The maximum absolute atomic E-state index is 5.07. The number of benzene rings is 8. The first-order chi connectivity index (χ1) is 27.7. The Hall–Kier alpha value is -7.16. The molecule has 8 aromatic carbocycles. The lowest BCUT2D eigenvalue weighted by Gasteiger charge is -2.14. The summed E-state index contributed by atoms with van der Waals surface area (Å²) in [5, 5.41) is 5.29. The van der Waals surface area contributed by atoms with E-state index in [0.29, 0.717) is 0 Å². The first kappa shape index (κ1) is 32.3. The Morgan fingerprint density at radius 2 is 0.857 bits per heavy atom. The molecule has 0 saturated heterocycles. The third-order valence-electron chi connectivity index (χ3n) is 11.5. The Kier molecular flexibility index (Phi) is 7.67. The monoisotopic (exact) mass is 712 g/mol. The van der Waals surface area contributed by atoms with Gasteiger partial charge in [0.25, 0.3) is 0 Å². The topological polar surface area (TPSA) is 25.8 Å². The number of hydrogen-bond acceptors (Lipinski definition) is 2. The fourth-order valence-electron chi connectivity index (χ4n) is 8.74. The van der Waals surface area contributed by atoms with E-state index in [0.717, 1.165) is 46.7 Å². The van der Waals surface area contributed by atoms with Gasteiger partial charge in [-0.1, -0.05) is 176 Å². The van der Waals surface area contributed by atoms with Crippen molar-refractivity contribution in [2.45, 2.75) is 12.8 Å². The van der Waals surface area contributed by atoms with Crippen LogP contribution in [0.3, 0.4) is 0 Å². The lowest BCUT2D eigenvalue weighted by Crippen LogP contribution is -2.29. The molecule has 2 aliphatic carbocycles. The first-order valence-corrected chi connectivity index (χ1v) is 19.5. The molecular weight excluding hydrogens is 677 g/mol. The van der Waals surface area contributed by atoms with Gasteiger partial charge in [-0.05, 0) is 108 Å². The zero-order valence-corrected chi connectivity index (χ0v) is 30.8. The van der Waals surface area contributed by atoms with Crippen LogP contribution in [0, 0.1) is 0 Å². The molecule has 0 unspecified atom stereocenters. The average molecular weight is 713 g/mol. The summed E-state index contributed by atoms with van der Waals surface area (Å²) in [6.07, 6.45) is 6.91. The highest BCUT2D eigenvalue weighted by Gasteiger charge is 2.22. The lowest BCUT2D eigenvalue weighted by atomic mass is 9.91. The fraction of sp³-hybridized carbons (Fsp3) is 0.0370. The summed E-state index contributed by atoms with van der Waals surface area (Å²) in [7, 11) is 0. The van der Waals surface area contributed by atoms with E-state index < -0.39 is 0 Å². The Morgan fingerprint density at radius 1 is 0.321 bits per heavy atom. The van der Waals surface area contributed by atoms with Crippen molar-refractivity contribution in [2.24, 2.45) is 0 Å². The molecule has 262 valence electrons. The summed E-state index contributed by atoms with van der Waals surface area (Å²) in [4.78, 5) is 10.1. The van der Waals surface area contributed by atoms with Crippen LogP contribution >= 0.6 is 0 Å². The summed E-state index contributed by atoms with van der Waals surface area (Å²) in [5.41, 5.74) is 17.7.